The summed E-state index contributed by atoms with van der Waals surface area (Å²) < 4.78 is 0. The highest BCUT2D eigenvalue weighted by atomic mass is 14.0. The Balaban J connectivity index is 1.90. The number of unbranched alkanes of at least 4 members (excludes halogenated alkanes) is 3. The van der Waals surface area contributed by atoms with Crippen molar-refractivity contribution in [3.8, 4) is 0 Å². The van der Waals surface area contributed by atoms with E-state index in [-0.39, 0.29) is 0 Å². The van der Waals surface area contributed by atoms with Gasteiger partial charge in [0.2, 0.25) is 6.71 Å². The molecule has 0 radical (unpaired) electrons. The maximum absolute atomic E-state index is 2.35. The lowest BCUT2D eigenvalue weighted by Crippen LogP contribution is -2.52. The first kappa shape index (κ1) is 23.4. The van der Waals surface area contributed by atoms with Crippen molar-refractivity contribution in [2.75, 3.05) is 0 Å². The highest BCUT2D eigenvalue weighted by Crippen LogP contribution is 2.08. The van der Waals surface area contributed by atoms with Gasteiger partial charge in [0.25, 0.3) is 0 Å². The normalized spacial score (nSPS) is 10.9. The molecule has 3 aromatic rings. The Bertz CT molecular complexity index is 753. The van der Waals surface area contributed by atoms with E-state index in [1.54, 1.807) is 0 Å². The van der Waals surface area contributed by atoms with Crippen molar-refractivity contribution in [3.05, 3.63) is 89.5 Å². The van der Waals surface area contributed by atoms with E-state index >= 15 is 0 Å². The first-order chi connectivity index (χ1) is 15.2. The van der Waals surface area contributed by atoms with Crippen LogP contribution < -0.4 is 16.4 Å². The fourth-order valence-corrected chi connectivity index (χ4v) is 4.35. The molecule has 0 saturated heterocycles. The van der Waals surface area contributed by atoms with Crippen molar-refractivity contribution < 1.29 is 0 Å². The van der Waals surface area contributed by atoms with Crippen molar-refractivity contribution in [1.82, 2.24) is 0 Å². The lowest BCUT2D eigenvalue weighted by molar-refractivity contribution is 0.795. The molecule has 3 aromatic carbocycles. The summed E-state index contributed by atoms with van der Waals surface area (Å²) in [5.41, 5.74) is 8.53. The third kappa shape index (κ3) is 6.86. The van der Waals surface area contributed by atoms with Crippen LogP contribution in [0.15, 0.2) is 72.8 Å². The van der Waals surface area contributed by atoms with Crippen molar-refractivity contribution in [3.63, 3.8) is 0 Å². The molecule has 1 heteroatoms. The Kier molecular flexibility index (Phi) is 9.47. The number of hydrogen-bond donors (Lipinski definition) is 0. The van der Waals surface area contributed by atoms with Crippen LogP contribution in [0.2, 0.25) is 0 Å². The number of benzene rings is 3. The Morgan fingerprint density at radius 1 is 0.419 bits per heavy atom. The van der Waals surface area contributed by atoms with Crippen molar-refractivity contribution in [2.24, 2.45) is 0 Å². The number of aryl methyl sites for hydroxylation is 3. The summed E-state index contributed by atoms with van der Waals surface area (Å²) in [5.74, 6) is 0. The summed E-state index contributed by atoms with van der Waals surface area (Å²) in [4.78, 5) is 0. The second-order valence-electron chi connectivity index (χ2n) is 8.97. The van der Waals surface area contributed by atoms with Crippen molar-refractivity contribution >= 4 is 23.1 Å². The molecule has 31 heavy (non-hydrogen) atoms. The van der Waals surface area contributed by atoms with Crippen LogP contribution in [0.5, 0.6) is 0 Å². The lowest BCUT2D eigenvalue weighted by atomic mass is 9.37. The van der Waals surface area contributed by atoms with Gasteiger partial charge in [-0.25, -0.2) is 0 Å². The SMILES string of the molecule is CCCCc1ccc(B(c2ccc(CCCC)cc2)c2ccc(CCCC)cc2)cc1. The van der Waals surface area contributed by atoms with Crippen LogP contribution in [0.4, 0.5) is 0 Å². The van der Waals surface area contributed by atoms with Gasteiger partial charge in [-0.1, -0.05) is 129 Å². The number of rotatable bonds is 12. The Morgan fingerprint density at radius 2 is 0.677 bits per heavy atom. The first-order valence-electron chi connectivity index (χ1n) is 12.5. The second kappa shape index (κ2) is 12.5. The average Bonchev–Trinajstić information content (AvgIpc) is 2.82. The molecule has 0 spiro atoms. The molecule has 0 amide bonds. The average molecular weight is 410 g/mol. The van der Waals surface area contributed by atoms with Gasteiger partial charge in [-0.15, -0.1) is 0 Å². The molecular weight excluding hydrogens is 371 g/mol. The van der Waals surface area contributed by atoms with E-state index in [0.29, 0.717) is 6.71 Å². The van der Waals surface area contributed by atoms with Gasteiger partial charge in [0.15, 0.2) is 0 Å². The minimum absolute atomic E-state index is 0.292. The Labute approximate surface area is 191 Å². The highest BCUT2D eigenvalue weighted by molar-refractivity contribution is 6.95. The van der Waals surface area contributed by atoms with Crippen LogP contribution in [0, 0.1) is 0 Å². The van der Waals surface area contributed by atoms with Crippen LogP contribution in [-0.4, -0.2) is 6.71 Å². The molecule has 0 fully saturated rings. The number of hydrogen-bond acceptors (Lipinski definition) is 0. The van der Waals surface area contributed by atoms with Gasteiger partial charge in [0.1, 0.15) is 0 Å². The highest BCUT2D eigenvalue weighted by Gasteiger charge is 2.21. The predicted molar refractivity (Wildman–Crippen MR) is 140 cm³/mol. The van der Waals surface area contributed by atoms with E-state index in [2.05, 4.69) is 93.6 Å². The summed E-state index contributed by atoms with van der Waals surface area (Å²) >= 11 is 0. The monoisotopic (exact) mass is 410 g/mol. The molecule has 0 saturated carbocycles. The van der Waals surface area contributed by atoms with E-state index in [9.17, 15) is 0 Å². The largest absolute Gasteiger partial charge is 0.241 e. The maximum Gasteiger partial charge on any atom is 0.241 e. The fraction of sp³-hybridized carbons (Fsp3) is 0.400. The molecule has 162 valence electrons. The van der Waals surface area contributed by atoms with Gasteiger partial charge < -0.3 is 0 Å². The summed E-state index contributed by atoms with van der Waals surface area (Å²) in [6.45, 7) is 7.08. The van der Waals surface area contributed by atoms with Crippen LogP contribution in [0.1, 0.15) is 76.0 Å². The van der Waals surface area contributed by atoms with Crippen molar-refractivity contribution in [2.45, 2.75) is 78.6 Å². The molecule has 3 rings (SSSR count). The zero-order valence-electron chi connectivity index (χ0n) is 19.9. The van der Waals surface area contributed by atoms with Crippen LogP contribution in [0.3, 0.4) is 0 Å². The zero-order chi connectivity index (χ0) is 21.9. The molecule has 0 unspecified atom stereocenters. The molecule has 0 bridgehead atoms. The fourth-order valence-electron chi connectivity index (χ4n) is 4.35. The molecule has 0 aliphatic carbocycles. The minimum atomic E-state index is 0.292. The molecule has 0 aliphatic heterocycles. The summed E-state index contributed by atoms with van der Waals surface area (Å²) in [6, 6.07) is 28.1. The van der Waals surface area contributed by atoms with Crippen LogP contribution in [0.25, 0.3) is 0 Å². The van der Waals surface area contributed by atoms with Gasteiger partial charge in [-0.2, -0.15) is 0 Å². The van der Waals surface area contributed by atoms with Crippen LogP contribution >= 0.6 is 0 Å². The van der Waals surface area contributed by atoms with E-state index in [1.165, 1.54) is 90.9 Å². The van der Waals surface area contributed by atoms with Crippen molar-refractivity contribution in [1.29, 1.82) is 0 Å². The smallest absolute Gasteiger partial charge is 0.0687 e. The zero-order valence-corrected chi connectivity index (χ0v) is 19.9. The van der Waals surface area contributed by atoms with E-state index < -0.39 is 0 Å². The third-order valence-electron chi connectivity index (χ3n) is 6.40. The molecule has 0 nitrogen and oxygen atoms in total. The second-order valence-corrected chi connectivity index (χ2v) is 8.97. The molecule has 0 atom stereocenters. The first-order valence-corrected chi connectivity index (χ1v) is 12.5. The van der Waals surface area contributed by atoms with E-state index in [4.69, 9.17) is 0 Å². The molecule has 0 aliphatic rings. The lowest BCUT2D eigenvalue weighted by Gasteiger charge is -2.17. The topological polar surface area (TPSA) is 0 Å². The molecule has 0 N–H and O–H groups in total. The van der Waals surface area contributed by atoms with E-state index in [1.807, 2.05) is 0 Å². The standard InChI is InChI=1S/C30H39B/c1-4-7-10-25-13-19-28(20-14-25)31(29-21-15-26(16-22-29)11-8-5-2)30-23-17-27(18-24-30)12-9-6-3/h13-24H,4-12H2,1-3H3. The summed E-state index contributed by atoms with van der Waals surface area (Å²) in [5, 5.41) is 0. The third-order valence-corrected chi connectivity index (χ3v) is 6.40. The van der Waals surface area contributed by atoms with Gasteiger partial charge in [0, 0.05) is 0 Å². The van der Waals surface area contributed by atoms with Gasteiger partial charge in [-0.3, -0.25) is 0 Å². The van der Waals surface area contributed by atoms with Crippen LogP contribution in [-0.2, 0) is 19.3 Å². The quantitative estimate of drug-likeness (QED) is 0.311. The van der Waals surface area contributed by atoms with Gasteiger partial charge >= 0.3 is 0 Å². The summed E-state index contributed by atoms with van der Waals surface area (Å²) in [7, 11) is 0. The molecule has 0 aromatic heterocycles. The molecule has 0 heterocycles. The van der Waals surface area contributed by atoms with Gasteiger partial charge in [0.05, 0.1) is 0 Å². The minimum Gasteiger partial charge on any atom is -0.0687 e. The molecular formula is C30H39B. The summed E-state index contributed by atoms with van der Waals surface area (Å²) in [6.07, 6.45) is 11.1. The predicted octanol–water partition coefficient (Wildman–Crippen LogP) is 6.23. The Hall–Kier alpha value is -2.28. The van der Waals surface area contributed by atoms with E-state index in [0.717, 1.165) is 0 Å². The maximum atomic E-state index is 2.35. The Morgan fingerprint density at radius 3 is 0.903 bits per heavy atom. The van der Waals surface area contributed by atoms with Gasteiger partial charge in [-0.05, 0) is 55.2 Å².